The van der Waals surface area contributed by atoms with E-state index in [-0.39, 0.29) is 6.10 Å². The molecule has 1 aromatic carbocycles. The van der Waals surface area contributed by atoms with Crippen molar-refractivity contribution in [3.63, 3.8) is 0 Å². The van der Waals surface area contributed by atoms with Gasteiger partial charge in [-0.15, -0.1) is 0 Å². The molecule has 0 radical (unpaired) electrons. The molecule has 1 fully saturated rings. The van der Waals surface area contributed by atoms with Gasteiger partial charge in [-0.25, -0.2) is 4.98 Å². The highest BCUT2D eigenvalue weighted by Crippen LogP contribution is 2.28. The van der Waals surface area contributed by atoms with Crippen molar-refractivity contribution >= 4 is 11.8 Å². The molecule has 0 aliphatic carbocycles. The second-order valence-electron chi connectivity index (χ2n) is 9.24. The molecule has 0 amide bonds. The highest BCUT2D eigenvalue weighted by atomic mass is 16.5. The summed E-state index contributed by atoms with van der Waals surface area (Å²) < 4.78 is 6.11. The Morgan fingerprint density at radius 2 is 2.06 bits per heavy atom. The third kappa shape index (κ3) is 5.67. The monoisotopic (exact) mass is 437 g/mol. The maximum atomic E-state index is 12.0. The Morgan fingerprint density at radius 3 is 2.84 bits per heavy atom. The molecular weight excluding hydrogens is 402 g/mol. The van der Waals surface area contributed by atoms with Crippen LogP contribution in [0.5, 0.6) is 0 Å². The molecule has 2 aromatic rings. The number of benzene rings is 1. The molecule has 1 aromatic heterocycles. The average Bonchev–Trinajstić information content (AvgIpc) is 3.20. The van der Waals surface area contributed by atoms with E-state index in [0.717, 1.165) is 73.4 Å². The van der Waals surface area contributed by atoms with Crippen molar-refractivity contribution in [2.45, 2.75) is 64.5 Å². The lowest BCUT2D eigenvalue weighted by molar-refractivity contribution is -0.143. The molecule has 6 nitrogen and oxygen atoms in total. The lowest BCUT2D eigenvalue weighted by Gasteiger charge is -2.25. The normalized spacial score (nSPS) is 19.4. The maximum absolute atomic E-state index is 12.0. The Balaban J connectivity index is 1.22. The molecule has 0 spiro atoms. The fourth-order valence-corrected chi connectivity index (χ4v) is 4.97. The van der Waals surface area contributed by atoms with E-state index in [1.54, 1.807) is 0 Å². The highest BCUT2D eigenvalue weighted by Gasteiger charge is 2.34. The van der Waals surface area contributed by atoms with E-state index in [2.05, 4.69) is 23.5 Å². The van der Waals surface area contributed by atoms with Gasteiger partial charge in [0.1, 0.15) is 11.9 Å². The number of fused-ring (bicyclic) bond motifs is 1. The van der Waals surface area contributed by atoms with Gasteiger partial charge in [-0.3, -0.25) is 9.69 Å². The van der Waals surface area contributed by atoms with Crippen LogP contribution >= 0.6 is 0 Å². The summed E-state index contributed by atoms with van der Waals surface area (Å²) in [6.07, 6.45) is 6.28. The first-order chi connectivity index (χ1) is 15.5. The summed E-state index contributed by atoms with van der Waals surface area (Å²) in [7, 11) is 0. The summed E-state index contributed by atoms with van der Waals surface area (Å²) in [4.78, 5) is 18.9. The number of anilines is 1. The number of aromatic nitrogens is 1. The zero-order chi connectivity index (χ0) is 22.5. The molecule has 2 N–H and O–H groups in total. The second-order valence-corrected chi connectivity index (χ2v) is 9.24. The Bertz CT molecular complexity index is 926. The molecule has 1 saturated heterocycles. The predicted octanol–water partition coefficient (Wildman–Crippen LogP) is 4.30. The zero-order valence-corrected chi connectivity index (χ0v) is 19.3. The van der Waals surface area contributed by atoms with Gasteiger partial charge in [0.15, 0.2) is 0 Å². The molecule has 0 unspecified atom stereocenters. The predicted molar refractivity (Wildman–Crippen MR) is 126 cm³/mol. The Morgan fingerprint density at radius 1 is 1.25 bits per heavy atom. The number of aryl methyl sites for hydroxylation is 4. The zero-order valence-electron chi connectivity index (χ0n) is 19.3. The lowest BCUT2D eigenvalue weighted by atomic mass is 10.0. The van der Waals surface area contributed by atoms with Gasteiger partial charge >= 0.3 is 5.97 Å². The second kappa shape index (κ2) is 10.5. The summed E-state index contributed by atoms with van der Waals surface area (Å²) in [5.74, 6) is 0.274. The summed E-state index contributed by atoms with van der Waals surface area (Å²) in [6, 6.07) is 9.82. The summed E-state index contributed by atoms with van der Waals surface area (Å²) >= 11 is 0. The summed E-state index contributed by atoms with van der Waals surface area (Å²) in [6.45, 7) is 7.18. The lowest BCUT2D eigenvalue weighted by Crippen LogP contribution is -2.33. The van der Waals surface area contributed by atoms with Gasteiger partial charge in [0, 0.05) is 31.9 Å². The van der Waals surface area contributed by atoms with E-state index in [1.165, 1.54) is 12.0 Å². The molecule has 172 valence electrons. The minimum atomic E-state index is -0.789. The highest BCUT2D eigenvalue weighted by molar-refractivity contribution is 5.75. The number of likely N-dealkylation sites (tertiary alicyclic amines) is 1. The third-order valence-corrected chi connectivity index (χ3v) is 6.47. The molecule has 4 rings (SSSR count). The number of ether oxygens (including phenoxy) is 1. The van der Waals surface area contributed by atoms with Crippen LogP contribution in [0.2, 0.25) is 0 Å². The Kier molecular flexibility index (Phi) is 7.43. The molecule has 2 aliphatic heterocycles. The van der Waals surface area contributed by atoms with Crippen LogP contribution in [0.3, 0.4) is 0 Å². The standard InChI is InChI=1S/C26H35N3O3/c1-18-14-19(2)16-21(15-18)24(26(30)31)29-12-10-23(17-29)32-13-4-3-7-22-9-8-20-6-5-11-27-25(20)28-22/h8-9,14-16,23-24H,3-7,10-13,17H2,1-2H3,(H,27,28)(H,30,31)/t23-,24+/m1/s1. The first-order valence-electron chi connectivity index (χ1n) is 11.9. The molecule has 0 bridgehead atoms. The smallest absolute Gasteiger partial charge is 0.325 e. The number of nitrogens with zero attached hydrogens (tertiary/aromatic N) is 2. The average molecular weight is 438 g/mol. The Labute approximate surface area is 191 Å². The van der Waals surface area contributed by atoms with Gasteiger partial charge in [-0.2, -0.15) is 0 Å². The number of rotatable bonds is 9. The van der Waals surface area contributed by atoms with Gasteiger partial charge in [-0.1, -0.05) is 35.4 Å². The molecular formula is C26H35N3O3. The maximum Gasteiger partial charge on any atom is 0.325 e. The number of pyridine rings is 1. The fourth-order valence-electron chi connectivity index (χ4n) is 4.97. The number of hydrogen-bond acceptors (Lipinski definition) is 5. The van der Waals surface area contributed by atoms with Crippen LogP contribution in [-0.2, 0) is 22.4 Å². The van der Waals surface area contributed by atoms with Gasteiger partial charge in [0.25, 0.3) is 0 Å². The van der Waals surface area contributed by atoms with Crippen molar-refractivity contribution in [1.29, 1.82) is 0 Å². The number of carboxylic acid groups (broad SMARTS) is 1. The minimum absolute atomic E-state index is 0.105. The van der Waals surface area contributed by atoms with Gasteiger partial charge in [0.2, 0.25) is 0 Å². The molecule has 3 heterocycles. The number of unbranched alkanes of at least 4 members (excludes halogenated alkanes) is 1. The van der Waals surface area contributed by atoms with E-state index in [0.29, 0.717) is 13.2 Å². The third-order valence-electron chi connectivity index (χ3n) is 6.47. The van der Waals surface area contributed by atoms with Crippen molar-refractivity contribution in [3.05, 3.63) is 58.3 Å². The van der Waals surface area contributed by atoms with Crippen LogP contribution in [0.15, 0.2) is 30.3 Å². The van der Waals surface area contributed by atoms with E-state index in [9.17, 15) is 9.90 Å². The molecule has 2 aliphatic rings. The van der Waals surface area contributed by atoms with Gasteiger partial charge in [0.05, 0.1) is 6.10 Å². The van der Waals surface area contributed by atoms with Crippen LogP contribution in [0.1, 0.15) is 59.7 Å². The number of nitrogens with one attached hydrogen (secondary N) is 1. The van der Waals surface area contributed by atoms with Crippen molar-refractivity contribution < 1.29 is 14.6 Å². The van der Waals surface area contributed by atoms with Crippen molar-refractivity contribution in [1.82, 2.24) is 9.88 Å². The Hall–Kier alpha value is -2.44. The number of carboxylic acids is 1. The molecule has 0 saturated carbocycles. The van der Waals surface area contributed by atoms with Crippen molar-refractivity contribution in [3.8, 4) is 0 Å². The van der Waals surface area contributed by atoms with Crippen molar-refractivity contribution in [2.24, 2.45) is 0 Å². The van der Waals surface area contributed by atoms with Crippen LogP contribution in [-0.4, -0.2) is 53.3 Å². The molecule has 6 heteroatoms. The number of carbonyl (C=O) groups is 1. The van der Waals surface area contributed by atoms with E-state index >= 15 is 0 Å². The van der Waals surface area contributed by atoms with Crippen LogP contribution in [0.25, 0.3) is 0 Å². The van der Waals surface area contributed by atoms with Crippen LogP contribution in [0.4, 0.5) is 5.82 Å². The van der Waals surface area contributed by atoms with Crippen LogP contribution < -0.4 is 5.32 Å². The minimum Gasteiger partial charge on any atom is -0.480 e. The first kappa shape index (κ1) is 22.7. The topological polar surface area (TPSA) is 74.7 Å². The molecule has 2 atom stereocenters. The van der Waals surface area contributed by atoms with E-state index < -0.39 is 12.0 Å². The molecule has 32 heavy (non-hydrogen) atoms. The number of aliphatic carboxylic acids is 1. The van der Waals surface area contributed by atoms with Gasteiger partial charge < -0.3 is 15.2 Å². The van der Waals surface area contributed by atoms with Crippen molar-refractivity contribution in [2.75, 3.05) is 31.6 Å². The fraction of sp³-hybridized carbons (Fsp3) is 0.538. The van der Waals surface area contributed by atoms with Gasteiger partial charge in [-0.05, 0) is 69.6 Å². The quantitative estimate of drug-likeness (QED) is 0.570. The summed E-state index contributed by atoms with van der Waals surface area (Å²) in [5.41, 5.74) is 5.53. The van der Waals surface area contributed by atoms with E-state index in [1.807, 2.05) is 30.9 Å². The largest absolute Gasteiger partial charge is 0.480 e. The summed E-state index contributed by atoms with van der Waals surface area (Å²) in [5, 5.41) is 13.3. The van der Waals surface area contributed by atoms with Crippen LogP contribution in [0, 0.1) is 13.8 Å². The first-order valence-corrected chi connectivity index (χ1v) is 11.9. The number of hydrogen-bond donors (Lipinski definition) is 2. The van der Waals surface area contributed by atoms with E-state index in [4.69, 9.17) is 9.72 Å². The SMILES string of the molecule is Cc1cc(C)cc([C@@H](C(=O)O)N2CC[C@@H](OCCCCc3ccc4c(n3)NCCC4)C2)c1.